The molecule has 1 aliphatic heterocycles. The normalized spacial score (nSPS) is 27.4. The fourth-order valence-corrected chi connectivity index (χ4v) is 4.85. The SMILES string of the molecule is COC(=O)C1=C(C)NC(C)(C(C)Sc2ccccc2)C(C(=O)O)C1C. The molecule has 1 heterocycles. The predicted octanol–water partition coefficient (Wildman–Crippen LogP) is 3.31. The van der Waals surface area contributed by atoms with Crippen LogP contribution in [0.3, 0.4) is 0 Å². The monoisotopic (exact) mass is 363 g/mol. The van der Waals surface area contributed by atoms with Gasteiger partial charge in [-0.2, -0.15) is 0 Å². The minimum Gasteiger partial charge on any atom is -0.481 e. The fourth-order valence-electron chi connectivity index (χ4n) is 3.68. The van der Waals surface area contributed by atoms with E-state index in [4.69, 9.17) is 4.74 Å². The number of allylic oxidation sites excluding steroid dienone is 1. The number of nitrogens with one attached hydrogen (secondary N) is 1. The zero-order chi connectivity index (χ0) is 18.8. The van der Waals surface area contributed by atoms with Crippen LogP contribution in [0.25, 0.3) is 0 Å². The maximum absolute atomic E-state index is 12.1. The van der Waals surface area contributed by atoms with Crippen molar-refractivity contribution in [2.24, 2.45) is 11.8 Å². The molecule has 4 atom stereocenters. The molecule has 2 N–H and O–H groups in total. The third-order valence-corrected chi connectivity index (χ3v) is 6.42. The Hall–Kier alpha value is -1.95. The standard InChI is InChI=1S/C19H25NO4S/c1-11-15(18(23)24-5)12(2)20-19(4,16(11)17(21)22)13(3)25-14-9-7-6-8-10-14/h6-11,13,16,20H,1-5H3,(H,21,22). The molecule has 0 spiro atoms. The number of carbonyl (C=O) groups excluding carboxylic acids is 1. The number of methoxy groups -OCH3 is 1. The number of thioether (sulfide) groups is 1. The molecule has 136 valence electrons. The number of hydrogen-bond donors (Lipinski definition) is 2. The van der Waals surface area contributed by atoms with Crippen molar-refractivity contribution in [3.8, 4) is 0 Å². The number of benzene rings is 1. The number of rotatable bonds is 5. The van der Waals surface area contributed by atoms with Gasteiger partial charge in [0.25, 0.3) is 0 Å². The maximum atomic E-state index is 12.1. The van der Waals surface area contributed by atoms with E-state index in [2.05, 4.69) is 5.32 Å². The van der Waals surface area contributed by atoms with E-state index in [1.54, 1.807) is 25.6 Å². The quantitative estimate of drug-likeness (QED) is 0.617. The van der Waals surface area contributed by atoms with Gasteiger partial charge in [-0.3, -0.25) is 4.79 Å². The van der Waals surface area contributed by atoms with Gasteiger partial charge < -0.3 is 15.2 Å². The summed E-state index contributed by atoms with van der Waals surface area (Å²) < 4.78 is 4.85. The minimum atomic E-state index is -0.920. The van der Waals surface area contributed by atoms with Crippen LogP contribution in [-0.2, 0) is 14.3 Å². The van der Waals surface area contributed by atoms with Gasteiger partial charge in [-0.05, 0) is 26.0 Å². The molecular formula is C19H25NO4S. The van der Waals surface area contributed by atoms with Gasteiger partial charge in [0.05, 0.1) is 24.1 Å². The lowest BCUT2D eigenvalue weighted by molar-refractivity contribution is -0.147. The van der Waals surface area contributed by atoms with Gasteiger partial charge in [0, 0.05) is 21.8 Å². The summed E-state index contributed by atoms with van der Waals surface area (Å²) in [5, 5.41) is 13.2. The summed E-state index contributed by atoms with van der Waals surface area (Å²) in [6, 6.07) is 9.89. The molecule has 4 unspecified atom stereocenters. The zero-order valence-electron chi connectivity index (χ0n) is 15.2. The first-order valence-corrected chi connectivity index (χ1v) is 9.12. The van der Waals surface area contributed by atoms with Gasteiger partial charge in [0.15, 0.2) is 0 Å². The summed E-state index contributed by atoms with van der Waals surface area (Å²) in [5.74, 6) is -2.60. The Labute approximate surface area is 152 Å². The van der Waals surface area contributed by atoms with Crippen molar-refractivity contribution in [3.05, 3.63) is 41.6 Å². The minimum absolute atomic E-state index is 0.0346. The second-order valence-corrected chi connectivity index (χ2v) is 8.03. The molecule has 0 saturated carbocycles. The molecule has 0 amide bonds. The largest absolute Gasteiger partial charge is 0.481 e. The third kappa shape index (κ3) is 3.68. The molecule has 5 nitrogen and oxygen atoms in total. The average Bonchev–Trinajstić information content (AvgIpc) is 2.54. The fraction of sp³-hybridized carbons (Fsp3) is 0.474. The molecule has 0 fully saturated rings. The van der Waals surface area contributed by atoms with Crippen molar-refractivity contribution in [2.45, 2.75) is 43.4 Å². The zero-order valence-corrected chi connectivity index (χ0v) is 16.0. The van der Waals surface area contributed by atoms with Crippen LogP contribution in [0.15, 0.2) is 46.5 Å². The van der Waals surface area contributed by atoms with Crippen LogP contribution in [0.2, 0.25) is 0 Å². The van der Waals surface area contributed by atoms with Crippen molar-refractivity contribution >= 4 is 23.7 Å². The third-order valence-electron chi connectivity index (χ3n) is 5.03. The van der Waals surface area contributed by atoms with E-state index in [-0.39, 0.29) is 5.25 Å². The first-order valence-electron chi connectivity index (χ1n) is 8.24. The van der Waals surface area contributed by atoms with Crippen LogP contribution in [0, 0.1) is 11.8 Å². The lowest BCUT2D eigenvalue weighted by Gasteiger charge is -2.48. The van der Waals surface area contributed by atoms with Crippen LogP contribution in [-0.4, -0.2) is 34.9 Å². The van der Waals surface area contributed by atoms with E-state index in [1.165, 1.54) is 7.11 Å². The number of carboxylic acid groups (broad SMARTS) is 1. The highest BCUT2D eigenvalue weighted by Gasteiger charge is 2.52. The van der Waals surface area contributed by atoms with Crippen LogP contribution >= 0.6 is 11.8 Å². The number of aliphatic carboxylic acids is 1. The Morgan fingerprint density at radius 3 is 2.44 bits per heavy atom. The molecular weight excluding hydrogens is 338 g/mol. The molecule has 1 aromatic carbocycles. The molecule has 1 aromatic rings. The summed E-state index contributed by atoms with van der Waals surface area (Å²) in [7, 11) is 1.31. The number of hydrogen-bond acceptors (Lipinski definition) is 5. The van der Waals surface area contributed by atoms with E-state index in [0.717, 1.165) is 4.90 Å². The smallest absolute Gasteiger partial charge is 0.335 e. The second-order valence-electron chi connectivity index (χ2n) is 6.62. The Morgan fingerprint density at radius 2 is 1.92 bits per heavy atom. The molecule has 6 heteroatoms. The highest BCUT2D eigenvalue weighted by molar-refractivity contribution is 8.00. The summed E-state index contributed by atoms with van der Waals surface area (Å²) >= 11 is 1.62. The van der Waals surface area contributed by atoms with Crippen LogP contribution in [0.1, 0.15) is 27.7 Å². The molecule has 0 aromatic heterocycles. The van der Waals surface area contributed by atoms with E-state index in [0.29, 0.717) is 11.3 Å². The Morgan fingerprint density at radius 1 is 1.32 bits per heavy atom. The first kappa shape index (κ1) is 19.4. The van der Waals surface area contributed by atoms with Crippen LogP contribution < -0.4 is 5.32 Å². The van der Waals surface area contributed by atoms with Crippen LogP contribution in [0.4, 0.5) is 0 Å². The van der Waals surface area contributed by atoms with E-state index in [1.807, 2.05) is 44.2 Å². The van der Waals surface area contributed by atoms with E-state index in [9.17, 15) is 14.7 Å². The summed E-state index contributed by atoms with van der Waals surface area (Å²) in [6.07, 6.45) is 0. The van der Waals surface area contributed by atoms with Gasteiger partial charge in [-0.15, -0.1) is 11.8 Å². The van der Waals surface area contributed by atoms with Crippen molar-refractivity contribution in [3.63, 3.8) is 0 Å². The molecule has 25 heavy (non-hydrogen) atoms. The van der Waals surface area contributed by atoms with Crippen molar-refractivity contribution in [1.82, 2.24) is 5.32 Å². The van der Waals surface area contributed by atoms with Gasteiger partial charge in [0.1, 0.15) is 0 Å². The lowest BCUT2D eigenvalue weighted by Crippen LogP contribution is -2.62. The molecule has 1 aliphatic rings. The molecule has 2 rings (SSSR count). The highest BCUT2D eigenvalue weighted by Crippen LogP contribution is 2.43. The van der Waals surface area contributed by atoms with Gasteiger partial charge in [0.2, 0.25) is 0 Å². The number of ether oxygens (including phenoxy) is 1. The Kier molecular flexibility index (Phi) is 5.83. The van der Waals surface area contributed by atoms with Gasteiger partial charge in [-0.1, -0.05) is 32.0 Å². The van der Waals surface area contributed by atoms with Crippen molar-refractivity contribution in [1.29, 1.82) is 0 Å². The molecule has 0 saturated heterocycles. The van der Waals surface area contributed by atoms with Crippen molar-refractivity contribution in [2.75, 3.05) is 7.11 Å². The first-order chi connectivity index (χ1) is 11.7. The number of carboxylic acids is 1. The summed E-state index contributed by atoms with van der Waals surface area (Å²) in [4.78, 5) is 25.3. The summed E-state index contributed by atoms with van der Waals surface area (Å²) in [5.41, 5.74) is 0.372. The predicted molar refractivity (Wildman–Crippen MR) is 98.3 cm³/mol. The van der Waals surface area contributed by atoms with Crippen LogP contribution in [0.5, 0.6) is 0 Å². The second kappa shape index (κ2) is 7.52. The van der Waals surface area contributed by atoms with E-state index >= 15 is 0 Å². The maximum Gasteiger partial charge on any atom is 0.335 e. The van der Waals surface area contributed by atoms with Crippen molar-refractivity contribution < 1.29 is 19.4 Å². The molecule has 0 bridgehead atoms. The Bertz CT molecular complexity index is 688. The molecule has 0 aliphatic carbocycles. The van der Waals surface area contributed by atoms with Gasteiger partial charge >= 0.3 is 11.9 Å². The van der Waals surface area contributed by atoms with Gasteiger partial charge in [-0.25, -0.2) is 4.79 Å². The number of esters is 1. The average molecular weight is 363 g/mol. The highest BCUT2D eigenvalue weighted by atomic mass is 32.2. The Balaban J connectivity index is 2.42. The molecule has 0 radical (unpaired) electrons. The van der Waals surface area contributed by atoms with E-state index < -0.39 is 29.3 Å². The summed E-state index contributed by atoms with van der Waals surface area (Å²) in [6.45, 7) is 7.52. The lowest BCUT2D eigenvalue weighted by atomic mass is 9.69. The number of carbonyl (C=O) groups is 2. The topological polar surface area (TPSA) is 75.6 Å².